The monoisotopic (exact) mass is 328 g/mol. The van der Waals surface area contributed by atoms with Crippen LogP contribution >= 0.6 is 0 Å². The van der Waals surface area contributed by atoms with Crippen LogP contribution in [0.3, 0.4) is 0 Å². The molecule has 0 aliphatic carbocycles. The number of carbonyl (C=O) groups is 2. The van der Waals surface area contributed by atoms with Crippen molar-refractivity contribution in [2.75, 3.05) is 18.4 Å². The fraction of sp³-hybridized carbons (Fsp3) is 0.474. The molecule has 2 amide bonds. The molecule has 1 aromatic heterocycles. The molecule has 1 fully saturated rings. The van der Waals surface area contributed by atoms with Crippen LogP contribution in [0.4, 0.5) is 5.69 Å². The summed E-state index contributed by atoms with van der Waals surface area (Å²) >= 11 is 0. The Morgan fingerprint density at radius 1 is 1.21 bits per heavy atom. The van der Waals surface area contributed by atoms with E-state index in [9.17, 15) is 9.59 Å². The average molecular weight is 328 g/mol. The molecule has 0 saturated carbocycles. The lowest BCUT2D eigenvalue weighted by molar-refractivity contribution is -0.118. The Morgan fingerprint density at radius 3 is 2.54 bits per heavy atom. The second-order valence-electron chi connectivity index (χ2n) is 6.92. The Morgan fingerprint density at radius 2 is 1.88 bits per heavy atom. The van der Waals surface area contributed by atoms with Crippen LogP contribution in [-0.4, -0.2) is 29.8 Å². The predicted molar refractivity (Wildman–Crippen MR) is 94.0 cm³/mol. The van der Waals surface area contributed by atoms with Crippen LogP contribution in [0, 0.1) is 11.8 Å². The molecule has 0 unspecified atom stereocenters. The Kier molecular flexibility index (Phi) is 4.60. The summed E-state index contributed by atoms with van der Waals surface area (Å²) in [5, 5.41) is 3.65. The normalized spacial score (nSPS) is 15.9. The first-order valence-corrected chi connectivity index (χ1v) is 8.59. The lowest BCUT2D eigenvalue weighted by Crippen LogP contribution is -2.38. The maximum Gasteiger partial charge on any atom is 0.291 e. The number of fused-ring (bicyclic) bond motifs is 1. The van der Waals surface area contributed by atoms with E-state index in [4.69, 9.17) is 4.42 Å². The Labute approximate surface area is 142 Å². The highest BCUT2D eigenvalue weighted by atomic mass is 16.3. The number of para-hydroxylation sites is 1. The number of benzene rings is 1. The summed E-state index contributed by atoms with van der Waals surface area (Å²) in [6.07, 6.45) is 2.00. The van der Waals surface area contributed by atoms with E-state index in [2.05, 4.69) is 12.2 Å². The largest absolute Gasteiger partial charge is 0.449 e. The van der Waals surface area contributed by atoms with E-state index >= 15 is 0 Å². The highest BCUT2D eigenvalue weighted by molar-refractivity contribution is 6.11. The molecule has 0 spiro atoms. The van der Waals surface area contributed by atoms with Crippen LogP contribution in [0.15, 0.2) is 28.7 Å². The third-order valence-corrected chi connectivity index (χ3v) is 4.63. The molecule has 1 saturated heterocycles. The molecule has 0 bridgehead atoms. The molecule has 5 heteroatoms. The van der Waals surface area contributed by atoms with Crippen molar-refractivity contribution < 1.29 is 14.0 Å². The number of hydrogen-bond acceptors (Lipinski definition) is 3. The summed E-state index contributed by atoms with van der Waals surface area (Å²) in [5.41, 5.74) is 1.11. The van der Waals surface area contributed by atoms with E-state index in [1.54, 1.807) is 0 Å². The van der Waals surface area contributed by atoms with Gasteiger partial charge in [-0.2, -0.15) is 0 Å². The van der Waals surface area contributed by atoms with E-state index in [0.717, 1.165) is 31.3 Å². The van der Waals surface area contributed by atoms with Gasteiger partial charge in [-0.05, 0) is 30.9 Å². The molecule has 128 valence electrons. The van der Waals surface area contributed by atoms with E-state index in [1.165, 1.54) is 0 Å². The Balaban J connectivity index is 1.97. The van der Waals surface area contributed by atoms with Crippen LogP contribution < -0.4 is 5.32 Å². The summed E-state index contributed by atoms with van der Waals surface area (Å²) in [6, 6.07) is 7.41. The number of rotatable bonds is 3. The first kappa shape index (κ1) is 16.6. The number of anilines is 1. The first-order chi connectivity index (χ1) is 11.5. The van der Waals surface area contributed by atoms with Crippen molar-refractivity contribution in [1.82, 2.24) is 4.90 Å². The van der Waals surface area contributed by atoms with Crippen molar-refractivity contribution in [1.29, 1.82) is 0 Å². The summed E-state index contributed by atoms with van der Waals surface area (Å²) < 4.78 is 5.82. The fourth-order valence-corrected chi connectivity index (χ4v) is 2.94. The van der Waals surface area contributed by atoms with Crippen LogP contribution in [0.5, 0.6) is 0 Å². The summed E-state index contributed by atoms with van der Waals surface area (Å²) in [7, 11) is 0. The minimum absolute atomic E-state index is 0.122. The highest BCUT2D eigenvalue weighted by Crippen LogP contribution is 2.33. The van der Waals surface area contributed by atoms with Gasteiger partial charge in [0, 0.05) is 24.4 Å². The minimum atomic E-state index is -0.169. The molecule has 1 aromatic carbocycles. The summed E-state index contributed by atoms with van der Waals surface area (Å²) in [6.45, 7) is 7.32. The summed E-state index contributed by atoms with van der Waals surface area (Å²) in [5.74, 6) is 0.446. The first-order valence-electron chi connectivity index (χ1n) is 8.59. The molecule has 5 nitrogen and oxygen atoms in total. The van der Waals surface area contributed by atoms with Gasteiger partial charge < -0.3 is 14.6 Å². The number of furan rings is 1. The van der Waals surface area contributed by atoms with Crippen molar-refractivity contribution >= 4 is 28.5 Å². The van der Waals surface area contributed by atoms with Crippen molar-refractivity contribution in [2.45, 2.75) is 33.6 Å². The van der Waals surface area contributed by atoms with Gasteiger partial charge in [0.05, 0.1) is 0 Å². The zero-order chi connectivity index (χ0) is 17.3. The van der Waals surface area contributed by atoms with Gasteiger partial charge >= 0.3 is 0 Å². The molecule has 0 atom stereocenters. The van der Waals surface area contributed by atoms with Crippen LogP contribution in [-0.2, 0) is 4.79 Å². The van der Waals surface area contributed by atoms with Gasteiger partial charge in [-0.15, -0.1) is 0 Å². The molecular formula is C19H24N2O3. The van der Waals surface area contributed by atoms with Gasteiger partial charge in [0.2, 0.25) is 11.7 Å². The van der Waals surface area contributed by atoms with Gasteiger partial charge in [-0.25, -0.2) is 0 Å². The number of piperidine rings is 1. The van der Waals surface area contributed by atoms with Gasteiger partial charge in [0.15, 0.2) is 0 Å². The molecule has 1 aliphatic heterocycles. The molecule has 2 heterocycles. The maximum atomic E-state index is 12.9. The van der Waals surface area contributed by atoms with Gasteiger partial charge in [-0.3, -0.25) is 9.59 Å². The quantitative estimate of drug-likeness (QED) is 0.929. The zero-order valence-corrected chi connectivity index (χ0v) is 14.5. The third-order valence-electron chi connectivity index (χ3n) is 4.63. The van der Waals surface area contributed by atoms with Crippen molar-refractivity contribution in [2.24, 2.45) is 11.8 Å². The second kappa shape index (κ2) is 6.67. The van der Waals surface area contributed by atoms with Crippen LogP contribution in [0.2, 0.25) is 0 Å². The predicted octanol–water partition coefficient (Wildman–Crippen LogP) is 3.90. The van der Waals surface area contributed by atoms with E-state index < -0.39 is 0 Å². The number of likely N-dealkylation sites (tertiary alicyclic amines) is 1. The lowest BCUT2D eigenvalue weighted by atomic mass is 9.99. The SMILES string of the molecule is CC1CCN(C(=O)c2oc3ccccc3c2NC(=O)C(C)C)CC1. The van der Waals surface area contributed by atoms with Gasteiger partial charge in [0.25, 0.3) is 5.91 Å². The van der Waals surface area contributed by atoms with Crippen LogP contribution in [0.25, 0.3) is 11.0 Å². The Hall–Kier alpha value is -2.30. The molecule has 2 aromatic rings. The molecule has 24 heavy (non-hydrogen) atoms. The molecule has 0 radical (unpaired) electrons. The molecule has 1 aliphatic rings. The van der Waals surface area contributed by atoms with Gasteiger partial charge in [-0.1, -0.05) is 32.9 Å². The molecular weight excluding hydrogens is 304 g/mol. The minimum Gasteiger partial charge on any atom is -0.449 e. The topological polar surface area (TPSA) is 62.6 Å². The second-order valence-corrected chi connectivity index (χ2v) is 6.92. The van der Waals surface area contributed by atoms with E-state index in [-0.39, 0.29) is 23.5 Å². The summed E-state index contributed by atoms with van der Waals surface area (Å²) in [4.78, 5) is 26.9. The van der Waals surface area contributed by atoms with Crippen LogP contribution in [0.1, 0.15) is 44.2 Å². The molecule has 3 rings (SSSR count). The third kappa shape index (κ3) is 3.16. The van der Waals surface area contributed by atoms with E-state index in [1.807, 2.05) is 43.0 Å². The maximum absolute atomic E-state index is 12.9. The number of amides is 2. The van der Waals surface area contributed by atoms with Crippen molar-refractivity contribution in [3.8, 4) is 0 Å². The Bertz CT molecular complexity index is 755. The number of nitrogens with zero attached hydrogens (tertiary/aromatic N) is 1. The average Bonchev–Trinajstić information content (AvgIpc) is 2.93. The highest BCUT2D eigenvalue weighted by Gasteiger charge is 2.28. The molecule has 1 N–H and O–H groups in total. The number of nitrogens with one attached hydrogen (secondary N) is 1. The number of hydrogen-bond donors (Lipinski definition) is 1. The zero-order valence-electron chi connectivity index (χ0n) is 14.5. The van der Waals surface area contributed by atoms with E-state index in [0.29, 0.717) is 17.2 Å². The standard InChI is InChI=1S/C19H24N2O3/c1-12(2)18(22)20-16-14-6-4-5-7-15(14)24-17(16)19(23)21-10-8-13(3)9-11-21/h4-7,12-13H,8-11H2,1-3H3,(H,20,22). The lowest BCUT2D eigenvalue weighted by Gasteiger charge is -2.29. The van der Waals surface area contributed by atoms with Crippen molar-refractivity contribution in [3.63, 3.8) is 0 Å². The van der Waals surface area contributed by atoms with Crippen molar-refractivity contribution in [3.05, 3.63) is 30.0 Å². The fourth-order valence-electron chi connectivity index (χ4n) is 2.94. The van der Waals surface area contributed by atoms with Gasteiger partial charge in [0.1, 0.15) is 11.3 Å². The smallest absolute Gasteiger partial charge is 0.291 e. The number of carbonyl (C=O) groups excluding carboxylic acids is 2.